The summed E-state index contributed by atoms with van der Waals surface area (Å²) in [6.07, 6.45) is -0.636. The van der Waals surface area contributed by atoms with Gasteiger partial charge in [0.05, 0.1) is 0 Å². The maximum absolute atomic E-state index is 13.0. The lowest BCUT2D eigenvalue weighted by atomic mass is 10.2. The Kier molecular flexibility index (Phi) is 5.16. The molecule has 0 saturated carbocycles. The minimum absolute atomic E-state index is 0.0944. The van der Waals surface area contributed by atoms with Crippen LogP contribution in [0.15, 0.2) is 48.5 Å². The van der Waals surface area contributed by atoms with Gasteiger partial charge in [-0.2, -0.15) is 0 Å². The van der Waals surface area contributed by atoms with E-state index in [4.69, 9.17) is 4.74 Å². The number of halogens is 2. The van der Waals surface area contributed by atoms with Crippen molar-refractivity contribution >= 4 is 11.6 Å². The van der Waals surface area contributed by atoms with Crippen molar-refractivity contribution in [2.24, 2.45) is 0 Å². The normalized spacial score (nSPS) is 15.8. The van der Waals surface area contributed by atoms with Crippen LogP contribution in [0.1, 0.15) is 6.92 Å². The van der Waals surface area contributed by atoms with E-state index >= 15 is 0 Å². The zero-order valence-corrected chi connectivity index (χ0v) is 14.0. The lowest BCUT2D eigenvalue weighted by Crippen LogP contribution is -2.52. The molecule has 2 aromatic carbocycles. The van der Waals surface area contributed by atoms with Crippen LogP contribution in [0.5, 0.6) is 5.75 Å². The molecule has 0 aliphatic carbocycles. The molecule has 0 N–H and O–H groups in total. The smallest absolute Gasteiger partial charge is 0.263 e. The van der Waals surface area contributed by atoms with Gasteiger partial charge in [0.2, 0.25) is 0 Å². The molecule has 1 aliphatic heterocycles. The van der Waals surface area contributed by atoms with E-state index in [1.54, 1.807) is 24.0 Å². The second-order valence-electron chi connectivity index (χ2n) is 6.00. The third-order valence-corrected chi connectivity index (χ3v) is 4.26. The molecule has 0 radical (unpaired) electrons. The molecule has 2 aromatic rings. The van der Waals surface area contributed by atoms with Crippen molar-refractivity contribution in [1.82, 2.24) is 4.90 Å². The Morgan fingerprint density at radius 2 is 1.44 bits per heavy atom. The zero-order valence-electron chi connectivity index (χ0n) is 14.0. The van der Waals surface area contributed by atoms with Crippen LogP contribution in [-0.2, 0) is 4.79 Å². The maximum Gasteiger partial charge on any atom is 0.263 e. The Morgan fingerprint density at radius 3 is 2.00 bits per heavy atom. The predicted molar refractivity (Wildman–Crippen MR) is 91.7 cm³/mol. The van der Waals surface area contributed by atoms with E-state index in [1.807, 2.05) is 0 Å². The highest BCUT2D eigenvalue weighted by Crippen LogP contribution is 2.18. The van der Waals surface area contributed by atoms with Gasteiger partial charge in [-0.3, -0.25) is 4.79 Å². The van der Waals surface area contributed by atoms with Gasteiger partial charge in [0.15, 0.2) is 6.10 Å². The van der Waals surface area contributed by atoms with Gasteiger partial charge in [-0.1, -0.05) is 0 Å². The van der Waals surface area contributed by atoms with Crippen LogP contribution >= 0.6 is 0 Å². The summed E-state index contributed by atoms with van der Waals surface area (Å²) in [5, 5.41) is 0. The predicted octanol–water partition coefficient (Wildman–Crippen LogP) is 3.08. The molecule has 0 aromatic heterocycles. The van der Waals surface area contributed by atoms with Gasteiger partial charge in [0.1, 0.15) is 17.4 Å². The number of rotatable bonds is 4. The molecule has 4 nitrogen and oxygen atoms in total. The topological polar surface area (TPSA) is 32.8 Å². The van der Waals surface area contributed by atoms with Crippen LogP contribution < -0.4 is 9.64 Å². The summed E-state index contributed by atoms with van der Waals surface area (Å²) in [7, 11) is 0. The van der Waals surface area contributed by atoms with E-state index in [9.17, 15) is 13.6 Å². The molecule has 1 aliphatic rings. The average Bonchev–Trinajstić information content (AvgIpc) is 2.64. The number of anilines is 1. The van der Waals surface area contributed by atoms with Crippen molar-refractivity contribution in [2.75, 3.05) is 31.1 Å². The number of benzene rings is 2. The van der Waals surface area contributed by atoms with Gasteiger partial charge in [-0.15, -0.1) is 0 Å². The van der Waals surface area contributed by atoms with Gasteiger partial charge in [0, 0.05) is 31.9 Å². The highest BCUT2D eigenvalue weighted by molar-refractivity contribution is 5.81. The Labute approximate surface area is 145 Å². The van der Waals surface area contributed by atoms with Crippen LogP contribution in [0.2, 0.25) is 0 Å². The second-order valence-corrected chi connectivity index (χ2v) is 6.00. The lowest BCUT2D eigenvalue weighted by Gasteiger charge is -2.37. The number of ether oxygens (including phenoxy) is 1. The molecule has 0 spiro atoms. The molecule has 1 amide bonds. The van der Waals surface area contributed by atoms with E-state index < -0.39 is 6.10 Å². The number of hydrogen-bond acceptors (Lipinski definition) is 3. The van der Waals surface area contributed by atoms with Crippen molar-refractivity contribution in [1.29, 1.82) is 0 Å². The molecule has 1 atom stereocenters. The Morgan fingerprint density at radius 1 is 0.920 bits per heavy atom. The Bertz CT molecular complexity index is 711. The molecule has 25 heavy (non-hydrogen) atoms. The number of piperazine rings is 1. The van der Waals surface area contributed by atoms with Crippen LogP contribution in [0.3, 0.4) is 0 Å². The van der Waals surface area contributed by atoms with Gasteiger partial charge < -0.3 is 14.5 Å². The fourth-order valence-corrected chi connectivity index (χ4v) is 2.86. The van der Waals surface area contributed by atoms with Crippen LogP contribution in [0.4, 0.5) is 14.5 Å². The molecule has 6 heteroatoms. The van der Waals surface area contributed by atoms with Gasteiger partial charge in [-0.05, 0) is 55.5 Å². The first-order valence-electron chi connectivity index (χ1n) is 8.24. The van der Waals surface area contributed by atoms with Crippen LogP contribution in [-0.4, -0.2) is 43.1 Å². The standard InChI is InChI=1S/C19H20F2N2O2/c1-14(25-18-8-4-16(21)5-9-18)19(24)23-12-10-22(11-13-23)17-6-2-15(20)3-7-17/h2-9,14H,10-13H2,1H3. The van der Waals surface area contributed by atoms with Crippen molar-refractivity contribution < 1.29 is 18.3 Å². The molecular formula is C19H20F2N2O2. The van der Waals surface area contributed by atoms with Crippen molar-refractivity contribution in [3.05, 3.63) is 60.2 Å². The average molecular weight is 346 g/mol. The molecule has 3 rings (SSSR count). The third kappa shape index (κ3) is 4.26. The monoisotopic (exact) mass is 346 g/mol. The SMILES string of the molecule is CC(Oc1ccc(F)cc1)C(=O)N1CCN(c2ccc(F)cc2)CC1. The summed E-state index contributed by atoms with van der Waals surface area (Å²) >= 11 is 0. The Hall–Kier alpha value is -2.63. The van der Waals surface area contributed by atoms with E-state index in [-0.39, 0.29) is 17.5 Å². The van der Waals surface area contributed by atoms with Gasteiger partial charge in [-0.25, -0.2) is 8.78 Å². The molecule has 1 heterocycles. The first-order valence-corrected chi connectivity index (χ1v) is 8.24. The number of hydrogen-bond donors (Lipinski definition) is 0. The fraction of sp³-hybridized carbons (Fsp3) is 0.316. The molecule has 1 saturated heterocycles. The summed E-state index contributed by atoms with van der Waals surface area (Å²) in [4.78, 5) is 16.4. The number of nitrogens with zero attached hydrogens (tertiary/aromatic N) is 2. The van der Waals surface area contributed by atoms with E-state index in [0.29, 0.717) is 31.9 Å². The molecule has 0 bridgehead atoms. The summed E-state index contributed by atoms with van der Waals surface area (Å²) in [6, 6.07) is 12.0. The molecule has 1 fully saturated rings. The van der Waals surface area contributed by atoms with Gasteiger partial charge >= 0.3 is 0 Å². The second kappa shape index (κ2) is 7.51. The van der Waals surface area contributed by atoms with Crippen molar-refractivity contribution in [3.63, 3.8) is 0 Å². The quantitative estimate of drug-likeness (QED) is 0.853. The van der Waals surface area contributed by atoms with E-state index in [2.05, 4.69) is 4.90 Å². The highest BCUT2D eigenvalue weighted by atomic mass is 19.1. The third-order valence-electron chi connectivity index (χ3n) is 4.26. The summed E-state index contributed by atoms with van der Waals surface area (Å²) in [5.41, 5.74) is 0.948. The van der Waals surface area contributed by atoms with Crippen molar-refractivity contribution in [2.45, 2.75) is 13.0 Å². The summed E-state index contributed by atoms with van der Waals surface area (Å²) in [6.45, 7) is 4.21. The first-order chi connectivity index (χ1) is 12.0. The molecular weight excluding hydrogens is 326 g/mol. The highest BCUT2D eigenvalue weighted by Gasteiger charge is 2.26. The lowest BCUT2D eigenvalue weighted by molar-refractivity contribution is -0.138. The number of carbonyl (C=O) groups excluding carboxylic acids is 1. The molecule has 132 valence electrons. The first kappa shape index (κ1) is 17.2. The minimum atomic E-state index is -0.636. The van der Waals surface area contributed by atoms with E-state index in [0.717, 1.165) is 5.69 Å². The van der Waals surface area contributed by atoms with E-state index in [1.165, 1.54) is 36.4 Å². The minimum Gasteiger partial charge on any atom is -0.481 e. The zero-order chi connectivity index (χ0) is 17.8. The van der Waals surface area contributed by atoms with Crippen LogP contribution in [0, 0.1) is 11.6 Å². The fourth-order valence-electron chi connectivity index (χ4n) is 2.86. The largest absolute Gasteiger partial charge is 0.481 e. The summed E-state index contributed by atoms with van der Waals surface area (Å²) in [5.74, 6) is -0.233. The van der Waals surface area contributed by atoms with Gasteiger partial charge in [0.25, 0.3) is 5.91 Å². The maximum atomic E-state index is 13.0. The Balaban J connectivity index is 1.53. The molecule has 1 unspecified atom stereocenters. The number of amides is 1. The number of carbonyl (C=O) groups is 1. The summed E-state index contributed by atoms with van der Waals surface area (Å²) < 4.78 is 31.5. The van der Waals surface area contributed by atoms with Crippen LogP contribution in [0.25, 0.3) is 0 Å². The van der Waals surface area contributed by atoms with Crippen molar-refractivity contribution in [3.8, 4) is 5.75 Å².